The molecule has 0 aliphatic heterocycles. The SMILES string of the molecule is O=c1ccc2cocc2o1. The van der Waals surface area contributed by atoms with E-state index in [1.807, 2.05) is 0 Å². The van der Waals surface area contributed by atoms with Crippen molar-refractivity contribution in [1.82, 2.24) is 0 Å². The monoisotopic (exact) mass is 136 g/mol. The van der Waals surface area contributed by atoms with Crippen molar-refractivity contribution in [2.45, 2.75) is 0 Å². The zero-order valence-electron chi connectivity index (χ0n) is 5.03. The van der Waals surface area contributed by atoms with Crippen LogP contribution in [0.5, 0.6) is 0 Å². The predicted molar refractivity (Wildman–Crippen MR) is 34.8 cm³/mol. The molecule has 0 saturated heterocycles. The first-order valence-corrected chi connectivity index (χ1v) is 2.82. The molecule has 0 unspecified atom stereocenters. The highest BCUT2D eigenvalue weighted by Crippen LogP contribution is 2.10. The van der Waals surface area contributed by atoms with Crippen molar-refractivity contribution in [3.63, 3.8) is 0 Å². The summed E-state index contributed by atoms with van der Waals surface area (Å²) in [6.07, 6.45) is 2.93. The normalized spacial score (nSPS) is 10.4. The van der Waals surface area contributed by atoms with Gasteiger partial charge in [0.1, 0.15) is 12.5 Å². The van der Waals surface area contributed by atoms with Crippen LogP contribution in [0.15, 0.2) is 38.3 Å². The first-order chi connectivity index (χ1) is 4.86. The molecular weight excluding hydrogens is 132 g/mol. The van der Waals surface area contributed by atoms with Crippen molar-refractivity contribution >= 4 is 11.0 Å². The molecule has 2 rings (SSSR count). The van der Waals surface area contributed by atoms with Gasteiger partial charge in [0.05, 0.1) is 5.39 Å². The molecule has 0 atom stereocenters. The second-order valence-electron chi connectivity index (χ2n) is 1.95. The number of rotatable bonds is 0. The van der Waals surface area contributed by atoms with Gasteiger partial charge in [0.2, 0.25) is 0 Å². The summed E-state index contributed by atoms with van der Waals surface area (Å²) in [7, 11) is 0. The molecule has 0 spiro atoms. The summed E-state index contributed by atoms with van der Waals surface area (Å²) in [6, 6.07) is 3.02. The Hall–Kier alpha value is -1.51. The highest BCUT2D eigenvalue weighted by atomic mass is 16.4. The van der Waals surface area contributed by atoms with E-state index >= 15 is 0 Å². The van der Waals surface area contributed by atoms with Gasteiger partial charge in [-0.2, -0.15) is 0 Å². The molecule has 2 aromatic heterocycles. The Morgan fingerprint density at radius 3 is 3.00 bits per heavy atom. The predicted octanol–water partition coefficient (Wildman–Crippen LogP) is 1.39. The fraction of sp³-hybridized carbons (Fsp3) is 0. The standard InChI is InChI=1S/C7H4O3/c8-7-2-1-5-3-9-4-6(5)10-7/h1-4H. The van der Waals surface area contributed by atoms with Crippen molar-refractivity contribution in [2.24, 2.45) is 0 Å². The number of furan rings is 1. The summed E-state index contributed by atoms with van der Waals surface area (Å²) in [5, 5.41) is 0.805. The average Bonchev–Trinajstić information content (AvgIpc) is 2.33. The molecule has 0 bridgehead atoms. The molecule has 50 valence electrons. The van der Waals surface area contributed by atoms with E-state index in [1.54, 1.807) is 6.07 Å². The van der Waals surface area contributed by atoms with Crippen molar-refractivity contribution < 1.29 is 8.83 Å². The Bertz CT molecular complexity index is 396. The fourth-order valence-corrected chi connectivity index (χ4v) is 0.800. The van der Waals surface area contributed by atoms with E-state index in [9.17, 15) is 4.79 Å². The third-order valence-electron chi connectivity index (χ3n) is 1.26. The van der Waals surface area contributed by atoms with Crippen LogP contribution in [-0.2, 0) is 0 Å². The molecule has 0 aliphatic rings. The summed E-state index contributed by atoms with van der Waals surface area (Å²) >= 11 is 0. The number of hydrogen-bond donors (Lipinski definition) is 0. The van der Waals surface area contributed by atoms with E-state index in [-0.39, 0.29) is 5.63 Å². The smallest absolute Gasteiger partial charge is 0.336 e. The van der Waals surface area contributed by atoms with E-state index in [2.05, 4.69) is 0 Å². The van der Waals surface area contributed by atoms with Crippen LogP contribution in [0.2, 0.25) is 0 Å². The molecule has 2 heterocycles. The maximum absolute atomic E-state index is 10.6. The van der Waals surface area contributed by atoms with Crippen LogP contribution in [0, 0.1) is 0 Å². The summed E-state index contributed by atoms with van der Waals surface area (Å²) in [5.41, 5.74) is 0.140. The Balaban J connectivity index is 2.99. The topological polar surface area (TPSA) is 43.4 Å². The van der Waals surface area contributed by atoms with E-state index in [1.165, 1.54) is 18.6 Å². The second kappa shape index (κ2) is 1.73. The molecule has 10 heavy (non-hydrogen) atoms. The lowest BCUT2D eigenvalue weighted by Gasteiger charge is -1.80. The molecule has 0 radical (unpaired) electrons. The lowest BCUT2D eigenvalue weighted by atomic mass is 10.4. The van der Waals surface area contributed by atoms with E-state index < -0.39 is 0 Å². The molecule has 0 N–H and O–H groups in total. The zero-order valence-corrected chi connectivity index (χ0v) is 5.03. The van der Waals surface area contributed by atoms with Gasteiger partial charge in [0, 0.05) is 6.07 Å². The molecular formula is C7H4O3. The summed E-state index contributed by atoms with van der Waals surface area (Å²) in [6.45, 7) is 0. The van der Waals surface area contributed by atoms with Gasteiger partial charge in [-0.05, 0) is 6.07 Å². The van der Waals surface area contributed by atoms with E-state index in [0.717, 1.165) is 5.39 Å². The van der Waals surface area contributed by atoms with Gasteiger partial charge in [-0.15, -0.1) is 0 Å². The third kappa shape index (κ3) is 0.639. The summed E-state index contributed by atoms with van der Waals surface area (Å²) in [4.78, 5) is 10.6. The number of hydrogen-bond acceptors (Lipinski definition) is 3. The Labute approximate surface area is 55.9 Å². The molecule has 0 amide bonds. The molecule has 0 aliphatic carbocycles. The lowest BCUT2D eigenvalue weighted by Crippen LogP contribution is -1.92. The zero-order chi connectivity index (χ0) is 6.97. The summed E-state index contributed by atoms with van der Waals surface area (Å²) in [5.74, 6) is 0. The fourth-order valence-electron chi connectivity index (χ4n) is 0.800. The largest absolute Gasteiger partial charge is 0.468 e. The highest BCUT2D eigenvalue weighted by molar-refractivity contribution is 5.73. The first-order valence-electron chi connectivity index (χ1n) is 2.82. The minimum atomic E-state index is -0.353. The molecule has 3 heteroatoms. The third-order valence-corrected chi connectivity index (χ3v) is 1.26. The molecule has 0 saturated carbocycles. The van der Waals surface area contributed by atoms with Crippen LogP contribution >= 0.6 is 0 Å². The molecule has 0 aromatic carbocycles. The highest BCUT2D eigenvalue weighted by Gasteiger charge is 1.95. The minimum Gasteiger partial charge on any atom is -0.468 e. The van der Waals surface area contributed by atoms with Crippen LogP contribution in [0.4, 0.5) is 0 Å². The van der Waals surface area contributed by atoms with Crippen LogP contribution in [0.1, 0.15) is 0 Å². The molecule has 0 fully saturated rings. The van der Waals surface area contributed by atoms with Gasteiger partial charge < -0.3 is 8.83 Å². The van der Waals surface area contributed by atoms with Gasteiger partial charge in [-0.1, -0.05) is 0 Å². The van der Waals surface area contributed by atoms with Gasteiger partial charge in [-0.25, -0.2) is 4.79 Å². The van der Waals surface area contributed by atoms with Crippen molar-refractivity contribution in [3.05, 3.63) is 35.1 Å². The maximum atomic E-state index is 10.6. The molecule has 2 aromatic rings. The minimum absolute atomic E-state index is 0.353. The maximum Gasteiger partial charge on any atom is 0.336 e. The van der Waals surface area contributed by atoms with E-state index in [0.29, 0.717) is 5.58 Å². The van der Waals surface area contributed by atoms with Crippen LogP contribution in [0.3, 0.4) is 0 Å². The van der Waals surface area contributed by atoms with E-state index in [4.69, 9.17) is 8.83 Å². The Kier molecular flexibility index (Phi) is 0.917. The quantitative estimate of drug-likeness (QED) is 0.549. The second-order valence-corrected chi connectivity index (χ2v) is 1.95. The lowest BCUT2D eigenvalue weighted by molar-refractivity contribution is 0.533. The van der Waals surface area contributed by atoms with Crippen LogP contribution < -0.4 is 5.63 Å². The van der Waals surface area contributed by atoms with Crippen molar-refractivity contribution in [3.8, 4) is 0 Å². The molecule has 3 nitrogen and oxygen atoms in total. The van der Waals surface area contributed by atoms with Gasteiger partial charge in [0.15, 0.2) is 5.58 Å². The van der Waals surface area contributed by atoms with Gasteiger partial charge in [-0.3, -0.25) is 0 Å². The van der Waals surface area contributed by atoms with Crippen molar-refractivity contribution in [1.29, 1.82) is 0 Å². The van der Waals surface area contributed by atoms with Gasteiger partial charge in [0.25, 0.3) is 0 Å². The number of fused-ring (bicyclic) bond motifs is 1. The van der Waals surface area contributed by atoms with Crippen LogP contribution in [-0.4, -0.2) is 0 Å². The Morgan fingerprint density at radius 2 is 2.10 bits per heavy atom. The first kappa shape index (κ1) is 5.29. The Morgan fingerprint density at radius 1 is 1.20 bits per heavy atom. The average molecular weight is 136 g/mol. The summed E-state index contributed by atoms with van der Waals surface area (Å²) < 4.78 is 9.54. The van der Waals surface area contributed by atoms with Crippen LogP contribution in [0.25, 0.3) is 11.0 Å². The van der Waals surface area contributed by atoms with Gasteiger partial charge >= 0.3 is 5.63 Å². The van der Waals surface area contributed by atoms with Crippen molar-refractivity contribution in [2.75, 3.05) is 0 Å².